The van der Waals surface area contributed by atoms with Crippen molar-refractivity contribution in [2.75, 3.05) is 38.2 Å². The molecule has 3 aromatic rings. The van der Waals surface area contributed by atoms with E-state index in [1.165, 1.54) is 12.1 Å². The quantitative estimate of drug-likeness (QED) is 0.702. The van der Waals surface area contributed by atoms with Gasteiger partial charge in [-0.2, -0.15) is 5.10 Å². The number of anilines is 1. The smallest absolute Gasteiger partial charge is 0.227 e. The second-order valence-corrected chi connectivity index (χ2v) is 7.39. The number of benzene rings is 2. The summed E-state index contributed by atoms with van der Waals surface area (Å²) in [6.45, 7) is 2.95. The summed E-state index contributed by atoms with van der Waals surface area (Å²) in [7, 11) is 1.63. The monoisotopic (exact) mass is 408 g/mol. The minimum absolute atomic E-state index is 0.135. The molecule has 0 radical (unpaired) electrons. The molecule has 0 aliphatic carbocycles. The first kappa shape index (κ1) is 19.9. The number of hydrogen-bond donors (Lipinski definition) is 1. The zero-order valence-electron chi connectivity index (χ0n) is 17.0. The van der Waals surface area contributed by atoms with E-state index < -0.39 is 0 Å². The summed E-state index contributed by atoms with van der Waals surface area (Å²) < 4.78 is 18.3. The second kappa shape index (κ2) is 8.98. The van der Waals surface area contributed by atoms with Crippen molar-refractivity contribution in [3.8, 4) is 17.0 Å². The van der Waals surface area contributed by atoms with Crippen LogP contribution >= 0.6 is 0 Å². The molecular formula is C23H25FN4O2. The van der Waals surface area contributed by atoms with Gasteiger partial charge in [0.05, 0.1) is 19.2 Å². The number of aromatic amines is 1. The van der Waals surface area contributed by atoms with Crippen LogP contribution in [-0.4, -0.2) is 54.3 Å². The summed E-state index contributed by atoms with van der Waals surface area (Å²) in [5.74, 6) is 1.51. The van der Waals surface area contributed by atoms with Gasteiger partial charge in [0.1, 0.15) is 11.6 Å². The Morgan fingerprint density at radius 3 is 2.57 bits per heavy atom. The van der Waals surface area contributed by atoms with Gasteiger partial charge in [0, 0.05) is 32.2 Å². The number of hydrogen-bond acceptors (Lipinski definition) is 4. The molecular weight excluding hydrogens is 383 g/mol. The molecule has 0 spiro atoms. The van der Waals surface area contributed by atoms with Gasteiger partial charge in [-0.25, -0.2) is 4.39 Å². The number of H-pyrrole nitrogens is 1. The number of amides is 1. The van der Waals surface area contributed by atoms with E-state index in [0.29, 0.717) is 13.0 Å². The van der Waals surface area contributed by atoms with Crippen LogP contribution in [0.25, 0.3) is 11.3 Å². The largest absolute Gasteiger partial charge is 0.497 e. The van der Waals surface area contributed by atoms with Gasteiger partial charge in [-0.1, -0.05) is 12.1 Å². The van der Waals surface area contributed by atoms with Crippen molar-refractivity contribution in [2.45, 2.75) is 12.8 Å². The van der Waals surface area contributed by atoms with Crippen molar-refractivity contribution in [3.05, 3.63) is 66.0 Å². The van der Waals surface area contributed by atoms with Crippen molar-refractivity contribution in [1.82, 2.24) is 15.1 Å². The van der Waals surface area contributed by atoms with E-state index in [-0.39, 0.29) is 11.7 Å². The van der Waals surface area contributed by atoms with Gasteiger partial charge >= 0.3 is 0 Å². The Morgan fingerprint density at radius 2 is 1.83 bits per heavy atom. The summed E-state index contributed by atoms with van der Waals surface area (Å²) in [5, 5.41) is 7.46. The first-order chi connectivity index (χ1) is 14.6. The number of rotatable bonds is 5. The van der Waals surface area contributed by atoms with Gasteiger partial charge in [0.2, 0.25) is 5.91 Å². The number of nitrogens with zero attached hydrogens (tertiary/aromatic N) is 3. The standard InChI is InChI=1S/C23H25FN4O2/c1-30-20-9-3-17(4-10-20)15-23(29)28-12-2-11-27(13-14-28)22-16-21(25-26-22)18-5-7-19(24)8-6-18/h3-10,16H,2,11-15H2,1H3,(H,25,26). The van der Waals surface area contributed by atoms with Crippen LogP contribution < -0.4 is 9.64 Å². The second-order valence-electron chi connectivity index (χ2n) is 7.39. The van der Waals surface area contributed by atoms with Crippen LogP contribution in [0.2, 0.25) is 0 Å². The maximum atomic E-state index is 13.1. The third-order valence-corrected chi connectivity index (χ3v) is 5.41. The predicted molar refractivity (Wildman–Crippen MR) is 114 cm³/mol. The molecule has 1 aromatic heterocycles. The molecule has 2 aromatic carbocycles. The lowest BCUT2D eigenvalue weighted by molar-refractivity contribution is -0.130. The Morgan fingerprint density at radius 1 is 1.07 bits per heavy atom. The topological polar surface area (TPSA) is 61.5 Å². The van der Waals surface area contributed by atoms with Gasteiger partial charge in [-0.3, -0.25) is 9.89 Å². The Bertz CT molecular complexity index is 985. The fourth-order valence-electron chi connectivity index (χ4n) is 3.68. The minimum Gasteiger partial charge on any atom is -0.497 e. The van der Waals surface area contributed by atoms with E-state index in [1.54, 1.807) is 19.2 Å². The molecule has 0 saturated carbocycles. The highest BCUT2D eigenvalue weighted by atomic mass is 19.1. The molecule has 6 nitrogen and oxygen atoms in total. The summed E-state index contributed by atoms with van der Waals surface area (Å²) in [6.07, 6.45) is 1.27. The van der Waals surface area contributed by atoms with Crippen LogP contribution in [-0.2, 0) is 11.2 Å². The van der Waals surface area contributed by atoms with Crippen molar-refractivity contribution in [3.63, 3.8) is 0 Å². The maximum absolute atomic E-state index is 13.1. The van der Waals surface area contributed by atoms with Crippen LogP contribution in [0.1, 0.15) is 12.0 Å². The number of carbonyl (C=O) groups is 1. The van der Waals surface area contributed by atoms with Gasteiger partial charge < -0.3 is 14.5 Å². The highest BCUT2D eigenvalue weighted by Gasteiger charge is 2.21. The molecule has 30 heavy (non-hydrogen) atoms. The number of halogens is 1. The molecule has 1 saturated heterocycles. The number of carbonyl (C=O) groups excluding carboxylic acids is 1. The number of aromatic nitrogens is 2. The van der Waals surface area contributed by atoms with Crippen molar-refractivity contribution in [1.29, 1.82) is 0 Å². The number of nitrogens with one attached hydrogen (secondary N) is 1. The first-order valence-electron chi connectivity index (χ1n) is 10.1. The molecule has 0 atom stereocenters. The zero-order chi connectivity index (χ0) is 20.9. The molecule has 1 aliphatic rings. The lowest BCUT2D eigenvalue weighted by Gasteiger charge is -2.22. The van der Waals surface area contributed by atoms with E-state index >= 15 is 0 Å². The third-order valence-electron chi connectivity index (χ3n) is 5.41. The Balaban J connectivity index is 1.36. The van der Waals surface area contributed by atoms with Crippen LogP contribution in [0.15, 0.2) is 54.6 Å². The van der Waals surface area contributed by atoms with Crippen LogP contribution in [0.3, 0.4) is 0 Å². The Labute approximate surface area is 175 Å². The predicted octanol–water partition coefficient (Wildman–Crippen LogP) is 3.51. The average Bonchev–Trinajstić information content (AvgIpc) is 3.12. The van der Waals surface area contributed by atoms with E-state index in [1.807, 2.05) is 35.2 Å². The summed E-state index contributed by atoms with van der Waals surface area (Å²) in [4.78, 5) is 16.9. The summed E-state index contributed by atoms with van der Waals surface area (Å²) >= 11 is 0. The highest BCUT2D eigenvalue weighted by Crippen LogP contribution is 2.23. The summed E-state index contributed by atoms with van der Waals surface area (Å²) in [5.41, 5.74) is 2.72. The average molecular weight is 408 g/mol. The maximum Gasteiger partial charge on any atom is 0.227 e. The van der Waals surface area contributed by atoms with Crippen molar-refractivity contribution < 1.29 is 13.9 Å². The zero-order valence-corrected chi connectivity index (χ0v) is 17.0. The molecule has 4 rings (SSSR count). The highest BCUT2D eigenvalue weighted by molar-refractivity contribution is 5.79. The van der Waals surface area contributed by atoms with E-state index in [4.69, 9.17) is 4.74 Å². The van der Waals surface area contributed by atoms with Crippen molar-refractivity contribution in [2.24, 2.45) is 0 Å². The van der Waals surface area contributed by atoms with Gasteiger partial charge in [0.25, 0.3) is 0 Å². The minimum atomic E-state index is -0.259. The molecule has 7 heteroatoms. The number of methoxy groups -OCH3 is 1. The van der Waals surface area contributed by atoms with Gasteiger partial charge in [-0.05, 0) is 53.9 Å². The fourth-order valence-corrected chi connectivity index (χ4v) is 3.68. The van der Waals surface area contributed by atoms with Crippen LogP contribution in [0, 0.1) is 5.82 Å². The van der Waals surface area contributed by atoms with E-state index in [9.17, 15) is 9.18 Å². The molecule has 1 aliphatic heterocycles. The molecule has 0 unspecified atom stereocenters. The molecule has 2 heterocycles. The Kier molecular flexibility index (Phi) is 5.97. The van der Waals surface area contributed by atoms with E-state index in [2.05, 4.69) is 15.1 Å². The van der Waals surface area contributed by atoms with E-state index in [0.717, 1.165) is 54.4 Å². The molecule has 1 amide bonds. The lowest BCUT2D eigenvalue weighted by Crippen LogP contribution is -2.36. The molecule has 0 bridgehead atoms. The normalized spacial score (nSPS) is 14.5. The summed E-state index contributed by atoms with van der Waals surface area (Å²) in [6, 6.07) is 15.9. The van der Waals surface area contributed by atoms with Crippen molar-refractivity contribution >= 4 is 11.7 Å². The number of ether oxygens (including phenoxy) is 1. The molecule has 156 valence electrons. The lowest BCUT2D eigenvalue weighted by atomic mass is 10.1. The SMILES string of the molecule is COc1ccc(CC(=O)N2CCCN(c3cc(-c4ccc(F)cc4)[nH]n3)CC2)cc1. The Hall–Kier alpha value is -3.35. The molecule has 1 fully saturated rings. The third kappa shape index (κ3) is 4.62. The first-order valence-corrected chi connectivity index (χ1v) is 10.1. The molecule has 1 N–H and O–H groups in total. The fraction of sp³-hybridized carbons (Fsp3) is 0.304. The van der Waals surface area contributed by atoms with Crippen LogP contribution in [0.4, 0.5) is 10.2 Å². The van der Waals surface area contributed by atoms with Crippen LogP contribution in [0.5, 0.6) is 5.75 Å². The van der Waals surface area contributed by atoms with Gasteiger partial charge in [-0.15, -0.1) is 0 Å². The van der Waals surface area contributed by atoms with Gasteiger partial charge in [0.15, 0.2) is 5.82 Å².